The van der Waals surface area contributed by atoms with Crippen LogP contribution in [-0.4, -0.2) is 17.2 Å². The van der Waals surface area contributed by atoms with E-state index in [-0.39, 0.29) is 16.9 Å². The summed E-state index contributed by atoms with van der Waals surface area (Å²) < 4.78 is 11.2. The summed E-state index contributed by atoms with van der Waals surface area (Å²) in [5, 5.41) is 10.2. The van der Waals surface area contributed by atoms with Gasteiger partial charge in [0.1, 0.15) is 5.58 Å². The topological polar surface area (TPSA) is 76.7 Å². The van der Waals surface area contributed by atoms with Crippen molar-refractivity contribution >= 4 is 40.1 Å². The SMILES string of the molecule is C[C@H](Oc1c(-c2ccc(Cl)cc2)oc2ccc(Cl)cc2c1=O)C(=O)O. The van der Waals surface area contributed by atoms with Crippen molar-refractivity contribution in [1.29, 1.82) is 0 Å². The molecule has 0 saturated heterocycles. The molecular formula is C18H12Cl2O5. The molecule has 128 valence electrons. The Kier molecular flexibility index (Phi) is 4.70. The molecule has 3 aromatic rings. The second kappa shape index (κ2) is 6.78. The van der Waals surface area contributed by atoms with Crippen molar-refractivity contribution in [3.63, 3.8) is 0 Å². The first-order chi connectivity index (χ1) is 11.9. The minimum absolute atomic E-state index is 0.129. The Morgan fingerprint density at radius 3 is 2.40 bits per heavy atom. The van der Waals surface area contributed by atoms with E-state index in [1.54, 1.807) is 36.4 Å². The van der Waals surface area contributed by atoms with Crippen LogP contribution in [0.15, 0.2) is 51.7 Å². The van der Waals surface area contributed by atoms with Crippen LogP contribution >= 0.6 is 23.2 Å². The number of aliphatic carboxylic acids is 1. The van der Waals surface area contributed by atoms with Gasteiger partial charge >= 0.3 is 5.97 Å². The molecular weight excluding hydrogens is 367 g/mol. The zero-order valence-electron chi connectivity index (χ0n) is 13.0. The molecule has 0 unspecified atom stereocenters. The summed E-state index contributed by atoms with van der Waals surface area (Å²) in [6.45, 7) is 1.33. The number of fused-ring (bicyclic) bond motifs is 1. The monoisotopic (exact) mass is 378 g/mol. The van der Waals surface area contributed by atoms with Gasteiger partial charge in [0.05, 0.1) is 5.39 Å². The largest absolute Gasteiger partial charge is 0.479 e. The van der Waals surface area contributed by atoms with Gasteiger partial charge < -0.3 is 14.3 Å². The number of rotatable bonds is 4. The number of ether oxygens (including phenoxy) is 1. The molecule has 1 heterocycles. The molecule has 25 heavy (non-hydrogen) atoms. The van der Waals surface area contributed by atoms with Crippen LogP contribution in [0.1, 0.15) is 6.92 Å². The standard InChI is InChI=1S/C18H12Cl2O5/c1-9(18(22)23)24-17-15(21)13-8-12(20)6-7-14(13)25-16(17)10-2-4-11(19)5-3-10/h2-9H,1H3,(H,22,23)/t9-/m0/s1. The molecule has 0 saturated carbocycles. The number of hydrogen-bond donors (Lipinski definition) is 1. The lowest BCUT2D eigenvalue weighted by Crippen LogP contribution is -2.26. The molecule has 3 rings (SSSR count). The van der Waals surface area contributed by atoms with E-state index < -0.39 is 17.5 Å². The van der Waals surface area contributed by atoms with E-state index in [0.717, 1.165) is 0 Å². The Morgan fingerprint density at radius 2 is 1.76 bits per heavy atom. The molecule has 0 aliphatic carbocycles. The van der Waals surface area contributed by atoms with E-state index in [0.29, 0.717) is 21.2 Å². The van der Waals surface area contributed by atoms with Crippen LogP contribution < -0.4 is 10.2 Å². The Hall–Kier alpha value is -2.50. The van der Waals surface area contributed by atoms with E-state index in [4.69, 9.17) is 37.5 Å². The first-order valence-corrected chi connectivity index (χ1v) is 8.04. The van der Waals surface area contributed by atoms with E-state index in [1.165, 1.54) is 13.0 Å². The van der Waals surface area contributed by atoms with E-state index >= 15 is 0 Å². The fraction of sp³-hybridized carbons (Fsp3) is 0.111. The van der Waals surface area contributed by atoms with Crippen molar-refractivity contribution in [3.8, 4) is 17.1 Å². The predicted molar refractivity (Wildman–Crippen MR) is 95.7 cm³/mol. The van der Waals surface area contributed by atoms with Gasteiger partial charge in [-0.25, -0.2) is 4.79 Å². The Morgan fingerprint density at radius 1 is 1.12 bits per heavy atom. The average molecular weight is 379 g/mol. The van der Waals surface area contributed by atoms with Crippen LogP contribution in [0.5, 0.6) is 5.75 Å². The molecule has 0 aliphatic rings. The molecule has 1 aromatic heterocycles. The van der Waals surface area contributed by atoms with Crippen LogP contribution in [0.25, 0.3) is 22.3 Å². The highest BCUT2D eigenvalue weighted by Gasteiger charge is 2.22. The summed E-state index contributed by atoms with van der Waals surface area (Å²) in [7, 11) is 0. The Labute approximate surface area is 152 Å². The van der Waals surface area contributed by atoms with Gasteiger partial charge in [-0.15, -0.1) is 0 Å². The van der Waals surface area contributed by atoms with Gasteiger partial charge in [0.15, 0.2) is 11.9 Å². The van der Waals surface area contributed by atoms with Crippen LogP contribution in [-0.2, 0) is 4.79 Å². The predicted octanol–water partition coefficient (Wildman–Crippen LogP) is 4.62. The highest BCUT2D eigenvalue weighted by atomic mass is 35.5. The molecule has 0 fully saturated rings. The second-order valence-electron chi connectivity index (χ2n) is 5.34. The Balaban J connectivity index is 2.29. The molecule has 0 bridgehead atoms. The molecule has 1 N–H and O–H groups in total. The lowest BCUT2D eigenvalue weighted by molar-refractivity contribution is -0.144. The Bertz CT molecular complexity index is 1010. The highest BCUT2D eigenvalue weighted by Crippen LogP contribution is 2.32. The third kappa shape index (κ3) is 3.48. The van der Waals surface area contributed by atoms with Gasteiger partial charge in [-0.1, -0.05) is 23.2 Å². The smallest absolute Gasteiger partial charge is 0.344 e. The summed E-state index contributed by atoms with van der Waals surface area (Å²) in [5.41, 5.74) is 0.349. The van der Waals surface area contributed by atoms with Crippen LogP contribution in [0.4, 0.5) is 0 Å². The van der Waals surface area contributed by atoms with E-state index in [1.807, 2.05) is 0 Å². The number of halogens is 2. The van der Waals surface area contributed by atoms with Crippen molar-refractivity contribution in [3.05, 3.63) is 62.7 Å². The summed E-state index contributed by atoms with van der Waals surface area (Å²) in [5.74, 6) is -1.26. The van der Waals surface area contributed by atoms with Gasteiger partial charge in [-0.05, 0) is 49.4 Å². The molecule has 0 aliphatic heterocycles. The van der Waals surface area contributed by atoms with E-state index in [2.05, 4.69) is 0 Å². The van der Waals surface area contributed by atoms with Crippen molar-refractivity contribution in [2.75, 3.05) is 0 Å². The maximum Gasteiger partial charge on any atom is 0.344 e. The van der Waals surface area contributed by atoms with Gasteiger partial charge in [-0.2, -0.15) is 0 Å². The lowest BCUT2D eigenvalue weighted by atomic mass is 10.1. The molecule has 2 aromatic carbocycles. The summed E-state index contributed by atoms with van der Waals surface area (Å²) in [4.78, 5) is 24.0. The fourth-order valence-corrected chi connectivity index (χ4v) is 2.57. The van der Waals surface area contributed by atoms with Gasteiger partial charge in [0.25, 0.3) is 0 Å². The minimum atomic E-state index is -1.23. The number of carboxylic acids is 1. The number of carboxylic acid groups (broad SMARTS) is 1. The number of benzene rings is 2. The first-order valence-electron chi connectivity index (χ1n) is 7.28. The summed E-state index contributed by atoms with van der Waals surface area (Å²) in [6, 6.07) is 11.2. The first kappa shape index (κ1) is 17.3. The van der Waals surface area contributed by atoms with Crippen molar-refractivity contribution in [1.82, 2.24) is 0 Å². The third-order valence-corrected chi connectivity index (χ3v) is 4.05. The van der Waals surface area contributed by atoms with Crippen LogP contribution in [0.3, 0.4) is 0 Å². The van der Waals surface area contributed by atoms with Gasteiger partial charge in [0.2, 0.25) is 11.2 Å². The molecule has 1 atom stereocenters. The number of hydrogen-bond acceptors (Lipinski definition) is 4. The summed E-state index contributed by atoms with van der Waals surface area (Å²) >= 11 is 11.8. The zero-order valence-corrected chi connectivity index (χ0v) is 14.5. The second-order valence-corrected chi connectivity index (χ2v) is 6.21. The van der Waals surface area contributed by atoms with Crippen molar-refractivity contribution in [2.45, 2.75) is 13.0 Å². The molecule has 7 heteroatoms. The molecule has 5 nitrogen and oxygen atoms in total. The van der Waals surface area contributed by atoms with Crippen LogP contribution in [0, 0.1) is 0 Å². The normalized spacial score (nSPS) is 12.1. The van der Waals surface area contributed by atoms with Gasteiger partial charge in [0, 0.05) is 15.6 Å². The third-order valence-electron chi connectivity index (χ3n) is 3.56. The van der Waals surface area contributed by atoms with Gasteiger partial charge in [-0.3, -0.25) is 4.79 Å². The molecule has 0 radical (unpaired) electrons. The van der Waals surface area contributed by atoms with Crippen molar-refractivity contribution in [2.24, 2.45) is 0 Å². The summed E-state index contributed by atoms with van der Waals surface area (Å²) in [6.07, 6.45) is -1.23. The van der Waals surface area contributed by atoms with Crippen molar-refractivity contribution < 1.29 is 19.1 Å². The number of carbonyl (C=O) groups is 1. The van der Waals surface area contributed by atoms with Crippen LogP contribution in [0.2, 0.25) is 10.0 Å². The zero-order chi connectivity index (χ0) is 18.1. The fourth-order valence-electron chi connectivity index (χ4n) is 2.28. The van der Waals surface area contributed by atoms with E-state index in [9.17, 15) is 9.59 Å². The molecule has 0 spiro atoms. The maximum atomic E-state index is 12.8. The average Bonchev–Trinajstić information content (AvgIpc) is 2.58. The quantitative estimate of drug-likeness (QED) is 0.716. The maximum absolute atomic E-state index is 12.8. The highest BCUT2D eigenvalue weighted by molar-refractivity contribution is 6.31. The molecule has 0 amide bonds. The minimum Gasteiger partial charge on any atom is -0.479 e. The lowest BCUT2D eigenvalue weighted by Gasteiger charge is -2.14.